The molecule has 1 fully saturated rings. The average Bonchev–Trinajstić information content (AvgIpc) is 3.34. The van der Waals surface area contributed by atoms with Crippen LogP contribution in [-0.4, -0.2) is 44.7 Å². The van der Waals surface area contributed by atoms with Gasteiger partial charge in [-0.05, 0) is 62.8 Å². The number of benzene rings is 1. The molecule has 0 saturated heterocycles. The van der Waals surface area contributed by atoms with E-state index in [9.17, 15) is 15.2 Å². The van der Waals surface area contributed by atoms with Crippen molar-refractivity contribution in [2.24, 2.45) is 5.92 Å². The minimum absolute atomic E-state index is 0.240. The summed E-state index contributed by atoms with van der Waals surface area (Å²) in [7, 11) is 1.55. The van der Waals surface area contributed by atoms with Crippen LogP contribution in [0.25, 0.3) is 21.6 Å². The highest BCUT2D eigenvalue weighted by molar-refractivity contribution is 7.21. The van der Waals surface area contributed by atoms with Crippen molar-refractivity contribution in [3.8, 4) is 22.9 Å². The summed E-state index contributed by atoms with van der Waals surface area (Å²) in [6.45, 7) is 2.08. The molecule has 0 spiro atoms. The number of carbonyl (C=O) groups is 1. The number of methoxy groups -OCH3 is 1. The zero-order valence-corrected chi connectivity index (χ0v) is 21.4. The molecule has 1 amide bonds. The Bertz CT molecular complexity index is 1500. The largest absolute Gasteiger partial charge is 0.496 e. The number of rotatable bonds is 6. The number of aliphatic hydroxyl groups is 1. The van der Waals surface area contributed by atoms with Crippen LogP contribution in [0.15, 0.2) is 36.7 Å². The van der Waals surface area contributed by atoms with Crippen LogP contribution in [0.5, 0.6) is 5.75 Å². The van der Waals surface area contributed by atoms with Gasteiger partial charge in [-0.25, -0.2) is 9.97 Å². The molecule has 1 aromatic carbocycles. The second-order valence-electron chi connectivity index (χ2n) is 9.20. The number of carbonyl (C=O) groups excluding carboxylic acids is 1. The second kappa shape index (κ2) is 10.6. The molecule has 188 valence electrons. The Morgan fingerprint density at radius 3 is 2.70 bits per heavy atom. The maximum Gasteiger partial charge on any atom is 0.259 e. The summed E-state index contributed by atoms with van der Waals surface area (Å²) in [5.74, 6) is 0.864. The van der Waals surface area contributed by atoms with Gasteiger partial charge < -0.3 is 9.84 Å². The molecule has 37 heavy (non-hydrogen) atoms. The number of ether oxygens (including phenoxy) is 1. The number of nitrogens with zero attached hydrogens (tertiary/aromatic N) is 5. The Morgan fingerprint density at radius 1 is 1.16 bits per heavy atom. The first kappa shape index (κ1) is 24.7. The Hall–Kier alpha value is -3.94. The van der Waals surface area contributed by atoms with Crippen LogP contribution in [-0.2, 0) is 0 Å². The van der Waals surface area contributed by atoms with Crippen molar-refractivity contribution in [3.05, 3.63) is 59.2 Å². The van der Waals surface area contributed by atoms with Crippen LogP contribution < -0.4 is 10.1 Å². The number of hydrogen-bond acceptors (Lipinski definition) is 9. The standard InChI is InChI=1S/C27H26N6O3S/c1-15-9-19(20-10-17(11-28)5-8-23(20)36-2)21(12-29-15)25(35)33-27-32-24-26(37-27)31-22(13-30-24)18-6-3-16(14-34)4-7-18/h5,8-10,12-13,16,18,34H,3-4,6-7,14H2,1-2H3,(H,30,32,33,35). The minimum Gasteiger partial charge on any atom is -0.496 e. The monoisotopic (exact) mass is 514 g/mol. The number of fused-ring (bicyclic) bond motifs is 1. The molecule has 2 N–H and O–H groups in total. The number of nitrogens with one attached hydrogen (secondary N) is 1. The average molecular weight is 515 g/mol. The smallest absolute Gasteiger partial charge is 0.259 e. The quantitative estimate of drug-likeness (QED) is 0.373. The number of amides is 1. The van der Waals surface area contributed by atoms with E-state index in [0.29, 0.717) is 55.4 Å². The molecule has 1 aliphatic carbocycles. The molecule has 1 saturated carbocycles. The van der Waals surface area contributed by atoms with Crippen molar-refractivity contribution in [1.82, 2.24) is 19.9 Å². The van der Waals surface area contributed by atoms with Gasteiger partial charge in [0, 0.05) is 35.5 Å². The van der Waals surface area contributed by atoms with E-state index in [4.69, 9.17) is 9.72 Å². The predicted molar refractivity (Wildman–Crippen MR) is 141 cm³/mol. The third-order valence-electron chi connectivity index (χ3n) is 6.79. The molecule has 0 atom stereocenters. The zero-order valence-electron chi connectivity index (χ0n) is 20.6. The highest BCUT2D eigenvalue weighted by atomic mass is 32.1. The van der Waals surface area contributed by atoms with Crippen LogP contribution >= 0.6 is 11.3 Å². The van der Waals surface area contributed by atoms with Gasteiger partial charge in [-0.15, -0.1) is 0 Å². The molecule has 0 bridgehead atoms. The number of aliphatic hydroxyl groups excluding tert-OH is 1. The normalized spacial score (nSPS) is 17.4. The number of thiazole rings is 1. The summed E-state index contributed by atoms with van der Waals surface area (Å²) in [6, 6.07) is 9.02. The summed E-state index contributed by atoms with van der Waals surface area (Å²) >= 11 is 1.28. The van der Waals surface area contributed by atoms with Crippen LogP contribution in [0, 0.1) is 24.2 Å². The summed E-state index contributed by atoms with van der Waals surface area (Å²) < 4.78 is 5.50. The van der Waals surface area contributed by atoms with Gasteiger partial charge in [-0.2, -0.15) is 10.2 Å². The Morgan fingerprint density at radius 2 is 1.97 bits per heavy atom. The fourth-order valence-corrected chi connectivity index (χ4v) is 5.54. The first-order valence-corrected chi connectivity index (χ1v) is 12.9. The van der Waals surface area contributed by atoms with Crippen molar-refractivity contribution in [2.45, 2.75) is 38.5 Å². The van der Waals surface area contributed by atoms with Crippen LogP contribution in [0.2, 0.25) is 0 Å². The van der Waals surface area contributed by atoms with Crippen molar-refractivity contribution in [2.75, 3.05) is 19.0 Å². The van der Waals surface area contributed by atoms with E-state index in [2.05, 4.69) is 26.3 Å². The number of anilines is 1. The highest BCUT2D eigenvalue weighted by Crippen LogP contribution is 2.36. The van der Waals surface area contributed by atoms with E-state index in [-0.39, 0.29) is 12.5 Å². The highest BCUT2D eigenvalue weighted by Gasteiger charge is 2.24. The van der Waals surface area contributed by atoms with E-state index in [1.807, 2.05) is 6.92 Å². The molecule has 5 rings (SSSR count). The minimum atomic E-state index is -0.381. The summed E-state index contributed by atoms with van der Waals surface area (Å²) in [5, 5.41) is 22.0. The molecule has 0 radical (unpaired) electrons. The molecule has 10 heteroatoms. The Labute approximate surface area is 218 Å². The van der Waals surface area contributed by atoms with Gasteiger partial charge >= 0.3 is 0 Å². The summed E-state index contributed by atoms with van der Waals surface area (Å²) in [6.07, 6.45) is 7.22. The lowest BCUT2D eigenvalue weighted by molar-refractivity contribution is 0.102. The zero-order chi connectivity index (χ0) is 25.9. The summed E-state index contributed by atoms with van der Waals surface area (Å²) in [5.41, 5.74) is 4.17. The van der Waals surface area contributed by atoms with Crippen molar-refractivity contribution in [1.29, 1.82) is 5.26 Å². The molecule has 0 aliphatic heterocycles. The number of aromatic nitrogens is 4. The maximum atomic E-state index is 13.4. The Balaban J connectivity index is 1.42. The Kier molecular flexibility index (Phi) is 7.08. The van der Waals surface area contributed by atoms with Gasteiger partial charge in [0.15, 0.2) is 15.6 Å². The fraction of sp³-hybridized carbons (Fsp3) is 0.333. The summed E-state index contributed by atoms with van der Waals surface area (Å²) in [4.78, 5) is 32.1. The third kappa shape index (κ3) is 5.14. The van der Waals surface area contributed by atoms with Crippen LogP contribution in [0.4, 0.5) is 5.13 Å². The van der Waals surface area contributed by atoms with Crippen molar-refractivity contribution in [3.63, 3.8) is 0 Å². The maximum absolute atomic E-state index is 13.4. The van der Waals surface area contributed by atoms with Gasteiger partial charge in [0.05, 0.1) is 36.2 Å². The van der Waals surface area contributed by atoms with E-state index >= 15 is 0 Å². The van der Waals surface area contributed by atoms with Gasteiger partial charge in [-0.1, -0.05) is 11.3 Å². The first-order chi connectivity index (χ1) is 18.0. The lowest BCUT2D eigenvalue weighted by Gasteiger charge is -2.26. The predicted octanol–water partition coefficient (Wildman–Crippen LogP) is 4.86. The molecule has 3 aromatic heterocycles. The van der Waals surface area contributed by atoms with Gasteiger partial charge in [0.25, 0.3) is 5.91 Å². The molecule has 0 unspecified atom stereocenters. The van der Waals surface area contributed by atoms with Crippen molar-refractivity contribution < 1.29 is 14.6 Å². The molecule has 1 aliphatic rings. The molecule has 4 aromatic rings. The van der Waals surface area contributed by atoms with E-state index in [1.165, 1.54) is 17.5 Å². The first-order valence-electron chi connectivity index (χ1n) is 12.1. The number of nitriles is 1. The van der Waals surface area contributed by atoms with Gasteiger partial charge in [0.2, 0.25) is 0 Å². The number of pyridine rings is 1. The lowest BCUT2D eigenvalue weighted by atomic mass is 9.81. The van der Waals surface area contributed by atoms with Crippen LogP contribution in [0.3, 0.4) is 0 Å². The molecule has 3 heterocycles. The lowest BCUT2D eigenvalue weighted by Crippen LogP contribution is -2.16. The molecule has 9 nitrogen and oxygen atoms in total. The van der Waals surface area contributed by atoms with Gasteiger partial charge in [0.1, 0.15) is 5.75 Å². The van der Waals surface area contributed by atoms with Gasteiger partial charge in [-0.3, -0.25) is 15.1 Å². The van der Waals surface area contributed by atoms with E-state index in [0.717, 1.165) is 37.1 Å². The number of aryl methyl sites for hydroxylation is 1. The van der Waals surface area contributed by atoms with Crippen molar-refractivity contribution >= 4 is 32.9 Å². The van der Waals surface area contributed by atoms with E-state index in [1.54, 1.807) is 37.6 Å². The second-order valence-corrected chi connectivity index (χ2v) is 10.2. The number of hydrogen-bond donors (Lipinski definition) is 2. The van der Waals surface area contributed by atoms with Crippen LogP contribution in [0.1, 0.15) is 58.9 Å². The SMILES string of the molecule is COc1ccc(C#N)cc1-c1cc(C)ncc1C(=O)Nc1nc2ncc(C3CCC(CO)CC3)nc2s1. The topological polar surface area (TPSA) is 134 Å². The third-order valence-corrected chi connectivity index (χ3v) is 7.64. The fourth-order valence-electron chi connectivity index (χ4n) is 4.74. The van der Waals surface area contributed by atoms with E-state index < -0.39 is 0 Å². The molecular formula is C27H26N6O3S. The molecular weight excluding hydrogens is 488 g/mol.